The number of para-hydroxylation sites is 1. The summed E-state index contributed by atoms with van der Waals surface area (Å²) < 4.78 is 1.73. The number of hydrogen-bond donors (Lipinski definition) is 2. The molecule has 8 nitrogen and oxygen atoms in total. The molecule has 0 saturated carbocycles. The van der Waals surface area contributed by atoms with Crippen LogP contribution < -0.4 is 10.6 Å². The highest BCUT2D eigenvalue weighted by Gasteiger charge is 2.21. The minimum atomic E-state index is 0.150. The molecule has 140 valence electrons. The second kappa shape index (κ2) is 7.22. The summed E-state index contributed by atoms with van der Waals surface area (Å²) in [6.45, 7) is 3.22. The molecule has 0 spiro atoms. The highest BCUT2D eigenvalue weighted by molar-refractivity contribution is 5.90. The van der Waals surface area contributed by atoms with Gasteiger partial charge in [-0.05, 0) is 18.9 Å². The van der Waals surface area contributed by atoms with Crippen molar-refractivity contribution in [2.45, 2.75) is 25.8 Å². The third kappa shape index (κ3) is 3.84. The molecule has 8 heteroatoms. The summed E-state index contributed by atoms with van der Waals surface area (Å²) in [4.78, 5) is 22.5. The SMILES string of the molecule is CC(=O)N1CCC(Nc2cccc3cnc(Nc4cnn(C)c4)nc23)CC1. The number of amides is 1. The van der Waals surface area contributed by atoms with E-state index in [1.807, 2.05) is 42.5 Å². The first-order chi connectivity index (χ1) is 13.1. The maximum atomic E-state index is 11.5. The van der Waals surface area contributed by atoms with Gasteiger partial charge in [0.15, 0.2) is 0 Å². The number of hydrogen-bond acceptors (Lipinski definition) is 6. The van der Waals surface area contributed by atoms with Crippen molar-refractivity contribution in [3.8, 4) is 0 Å². The smallest absolute Gasteiger partial charge is 0.227 e. The molecular weight excluding hydrogens is 342 g/mol. The molecule has 2 aromatic heterocycles. The van der Waals surface area contributed by atoms with E-state index in [-0.39, 0.29) is 5.91 Å². The Balaban J connectivity index is 1.53. The standard InChI is InChI=1S/C19H23N7O/c1-13(27)26-8-6-15(7-9-26)22-17-5-3-4-14-10-20-19(24-18(14)17)23-16-11-21-25(2)12-16/h3-5,10-12,15,22H,6-9H2,1-2H3,(H,20,23,24). The number of benzene rings is 1. The summed E-state index contributed by atoms with van der Waals surface area (Å²) in [7, 11) is 1.87. The summed E-state index contributed by atoms with van der Waals surface area (Å²) in [6, 6.07) is 6.39. The van der Waals surface area contributed by atoms with Gasteiger partial charge in [0.2, 0.25) is 11.9 Å². The lowest BCUT2D eigenvalue weighted by atomic mass is 10.0. The van der Waals surface area contributed by atoms with Gasteiger partial charge in [0.1, 0.15) is 0 Å². The highest BCUT2D eigenvalue weighted by Crippen LogP contribution is 2.25. The number of carbonyl (C=O) groups excluding carboxylic acids is 1. The van der Waals surface area contributed by atoms with Crippen molar-refractivity contribution >= 4 is 34.1 Å². The fourth-order valence-corrected chi connectivity index (χ4v) is 3.41. The van der Waals surface area contributed by atoms with Crippen LogP contribution in [0.1, 0.15) is 19.8 Å². The van der Waals surface area contributed by atoms with Crippen LogP contribution in [0.25, 0.3) is 10.9 Å². The summed E-state index contributed by atoms with van der Waals surface area (Å²) in [5.41, 5.74) is 2.72. The molecule has 0 radical (unpaired) electrons. The zero-order chi connectivity index (χ0) is 18.8. The topological polar surface area (TPSA) is 88.0 Å². The van der Waals surface area contributed by atoms with Crippen LogP contribution in [-0.2, 0) is 11.8 Å². The first-order valence-corrected chi connectivity index (χ1v) is 9.12. The van der Waals surface area contributed by atoms with Crippen molar-refractivity contribution in [3.63, 3.8) is 0 Å². The van der Waals surface area contributed by atoms with E-state index in [0.717, 1.165) is 48.2 Å². The van der Waals surface area contributed by atoms with Crippen LogP contribution >= 0.6 is 0 Å². The van der Waals surface area contributed by atoms with E-state index in [2.05, 4.69) is 20.7 Å². The molecule has 0 atom stereocenters. The first kappa shape index (κ1) is 17.3. The van der Waals surface area contributed by atoms with Gasteiger partial charge in [-0.2, -0.15) is 5.10 Å². The van der Waals surface area contributed by atoms with E-state index in [0.29, 0.717) is 12.0 Å². The Hall–Kier alpha value is -3.16. The van der Waals surface area contributed by atoms with E-state index < -0.39 is 0 Å². The van der Waals surface area contributed by atoms with Gasteiger partial charge < -0.3 is 15.5 Å². The maximum absolute atomic E-state index is 11.5. The van der Waals surface area contributed by atoms with Crippen molar-refractivity contribution in [2.75, 3.05) is 23.7 Å². The fourth-order valence-electron chi connectivity index (χ4n) is 3.41. The highest BCUT2D eigenvalue weighted by atomic mass is 16.2. The quantitative estimate of drug-likeness (QED) is 0.739. The molecule has 1 aliphatic rings. The van der Waals surface area contributed by atoms with Crippen molar-refractivity contribution in [2.24, 2.45) is 7.05 Å². The Morgan fingerprint density at radius 3 is 2.74 bits per heavy atom. The number of aryl methyl sites for hydroxylation is 1. The average molecular weight is 365 g/mol. The van der Waals surface area contributed by atoms with E-state index in [9.17, 15) is 4.79 Å². The predicted molar refractivity (Wildman–Crippen MR) is 105 cm³/mol. The number of piperidine rings is 1. The van der Waals surface area contributed by atoms with E-state index in [1.54, 1.807) is 17.8 Å². The normalized spacial score (nSPS) is 15.1. The number of anilines is 3. The number of carbonyl (C=O) groups is 1. The van der Waals surface area contributed by atoms with Crippen LogP contribution in [0.2, 0.25) is 0 Å². The summed E-state index contributed by atoms with van der Waals surface area (Å²) in [6.07, 6.45) is 7.30. The van der Waals surface area contributed by atoms with Gasteiger partial charge in [-0.25, -0.2) is 9.97 Å². The summed E-state index contributed by atoms with van der Waals surface area (Å²) in [5.74, 6) is 0.689. The van der Waals surface area contributed by atoms with Crippen LogP contribution in [0.5, 0.6) is 0 Å². The average Bonchev–Trinajstić information content (AvgIpc) is 3.07. The maximum Gasteiger partial charge on any atom is 0.227 e. The van der Waals surface area contributed by atoms with Crippen LogP contribution in [0.4, 0.5) is 17.3 Å². The summed E-state index contributed by atoms with van der Waals surface area (Å²) in [5, 5.41) is 11.9. The molecular formula is C19H23N7O. The van der Waals surface area contributed by atoms with E-state index in [1.165, 1.54) is 0 Å². The molecule has 1 saturated heterocycles. The van der Waals surface area contributed by atoms with Crippen molar-refractivity contribution in [1.82, 2.24) is 24.6 Å². The molecule has 1 aliphatic heterocycles. The molecule has 27 heavy (non-hydrogen) atoms. The molecule has 1 fully saturated rings. The van der Waals surface area contributed by atoms with Crippen LogP contribution in [-0.4, -0.2) is 49.7 Å². The molecule has 0 unspecified atom stereocenters. The third-order valence-corrected chi connectivity index (χ3v) is 4.87. The van der Waals surface area contributed by atoms with Gasteiger partial charge in [-0.3, -0.25) is 9.48 Å². The van der Waals surface area contributed by atoms with Crippen LogP contribution in [0.15, 0.2) is 36.8 Å². The second-order valence-electron chi connectivity index (χ2n) is 6.89. The zero-order valence-corrected chi connectivity index (χ0v) is 15.5. The lowest BCUT2D eigenvalue weighted by Crippen LogP contribution is -2.41. The lowest BCUT2D eigenvalue weighted by molar-refractivity contribution is -0.129. The number of aromatic nitrogens is 4. The van der Waals surface area contributed by atoms with Crippen LogP contribution in [0.3, 0.4) is 0 Å². The zero-order valence-electron chi connectivity index (χ0n) is 15.5. The Bertz CT molecular complexity index is 960. The molecule has 4 rings (SSSR count). The van der Waals surface area contributed by atoms with E-state index in [4.69, 9.17) is 4.98 Å². The second-order valence-corrected chi connectivity index (χ2v) is 6.89. The monoisotopic (exact) mass is 365 g/mol. The molecule has 1 aromatic carbocycles. The Labute approximate surface area is 157 Å². The minimum Gasteiger partial charge on any atom is -0.380 e. The van der Waals surface area contributed by atoms with Crippen LogP contribution in [0, 0.1) is 0 Å². The van der Waals surface area contributed by atoms with Crippen molar-refractivity contribution in [1.29, 1.82) is 0 Å². The Morgan fingerprint density at radius 1 is 1.22 bits per heavy atom. The molecule has 0 bridgehead atoms. The van der Waals surface area contributed by atoms with Gasteiger partial charge in [-0.1, -0.05) is 12.1 Å². The number of rotatable bonds is 4. The van der Waals surface area contributed by atoms with E-state index >= 15 is 0 Å². The molecule has 1 amide bonds. The minimum absolute atomic E-state index is 0.150. The fraction of sp³-hybridized carbons (Fsp3) is 0.368. The van der Waals surface area contributed by atoms with Gasteiger partial charge >= 0.3 is 0 Å². The third-order valence-electron chi connectivity index (χ3n) is 4.87. The number of fused-ring (bicyclic) bond motifs is 1. The molecule has 2 N–H and O–H groups in total. The predicted octanol–water partition coefficient (Wildman–Crippen LogP) is 2.53. The van der Waals surface area contributed by atoms with Crippen molar-refractivity contribution in [3.05, 3.63) is 36.8 Å². The van der Waals surface area contributed by atoms with Gasteiger partial charge in [0, 0.05) is 50.9 Å². The molecule has 3 aromatic rings. The van der Waals surface area contributed by atoms with Gasteiger partial charge in [-0.15, -0.1) is 0 Å². The number of likely N-dealkylation sites (tertiary alicyclic amines) is 1. The van der Waals surface area contributed by atoms with Crippen molar-refractivity contribution < 1.29 is 4.79 Å². The Kier molecular flexibility index (Phi) is 4.62. The van der Waals surface area contributed by atoms with Gasteiger partial charge in [0.25, 0.3) is 0 Å². The van der Waals surface area contributed by atoms with Gasteiger partial charge in [0.05, 0.1) is 23.1 Å². The largest absolute Gasteiger partial charge is 0.380 e. The number of nitrogens with one attached hydrogen (secondary N) is 2. The Morgan fingerprint density at radius 2 is 2.04 bits per heavy atom. The lowest BCUT2D eigenvalue weighted by Gasteiger charge is -2.32. The first-order valence-electron chi connectivity index (χ1n) is 9.12. The molecule has 0 aliphatic carbocycles. The number of nitrogens with zero attached hydrogens (tertiary/aromatic N) is 5. The molecule has 3 heterocycles. The summed E-state index contributed by atoms with van der Waals surface area (Å²) >= 11 is 0.